The molecule has 0 bridgehead atoms. The molecule has 0 spiro atoms. The predicted octanol–water partition coefficient (Wildman–Crippen LogP) is 3.85. The van der Waals surface area contributed by atoms with Gasteiger partial charge in [-0.1, -0.05) is 12.2 Å². The molecule has 1 aromatic rings. The van der Waals surface area contributed by atoms with Gasteiger partial charge in [-0.05, 0) is 51.9 Å². The molecule has 0 aromatic carbocycles. The van der Waals surface area contributed by atoms with E-state index in [1.165, 1.54) is 36.4 Å². The first-order chi connectivity index (χ1) is 11.3. The van der Waals surface area contributed by atoms with Crippen molar-refractivity contribution in [3.8, 4) is 0 Å². The average molecular weight is 460 g/mol. The molecule has 3 rings (SSSR count). The normalized spacial score (nSPS) is 17.5. The Morgan fingerprint density at radius 2 is 2.08 bits per heavy atom. The number of thiazole rings is 1. The van der Waals surface area contributed by atoms with Crippen LogP contribution in [0.3, 0.4) is 0 Å². The summed E-state index contributed by atoms with van der Waals surface area (Å²) in [6, 6.07) is 0.512. The molecule has 0 aliphatic heterocycles. The molecule has 0 unspecified atom stereocenters. The zero-order chi connectivity index (χ0) is 15.9. The maximum Gasteiger partial charge on any atom is 0.191 e. The summed E-state index contributed by atoms with van der Waals surface area (Å²) < 4.78 is 0. The zero-order valence-electron chi connectivity index (χ0n) is 14.5. The van der Waals surface area contributed by atoms with Crippen LogP contribution in [-0.4, -0.2) is 30.1 Å². The van der Waals surface area contributed by atoms with E-state index in [-0.39, 0.29) is 24.0 Å². The molecule has 2 aliphatic carbocycles. The fraction of sp³-hybridized carbons (Fsp3) is 0.667. The van der Waals surface area contributed by atoms with Crippen molar-refractivity contribution in [1.82, 2.24) is 15.6 Å². The zero-order valence-corrected chi connectivity index (χ0v) is 17.7. The van der Waals surface area contributed by atoms with Gasteiger partial charge >= 0.3 is 0 Å². The second-order valence-corrected chi connectivity index (χ2v) is 7.50. The van der Waals surface area contributed by atoms with Gasteiger partial charge in [0.15, 0.2) is 5.96 Å². The number of aliphatic imine (C=N–C) groups is 1. The Hall–Kier alpha value is -0.630. The van der Waals surface area contributed by atoms with Gasteiger partial charge < -0.3 is 10.6 Å². The lowest BCUT2D eigenvalue weighted by molar-refractivity contribution is 0.632. The van der Waals surface area contributed by atoms with Crippen LogP contribution in [-0.2, 0) is 19.3 Å². The number of fused-ring (bicyclic) bond motifs is 1. The van der Waals surface area contributed by atoms with Crippen LogP contribution in [0.15, 0.2) is 17.1 Å². The van der Waals surface area contributed by atoms with Gasteiger partial charge in [0, 0.05) is 30.4 Å². The van der Waals surface area contributed by atoms with Crippen LogP contribution in [0.4, 0.5) is 0 Å². The summed E-state index contributed by atoms with van der Waals surface area (Å²) in [6.07, 6.45) is 13.9. The van der Waals surface area contributed by atoms with E-state index in [9.17, 15) is 0 Å². The van der Waals surface area contributed by atoms with Crippen LogP contribution in [0.2, 0.25) is 0 Å². The second-order valence-electron chi connectivity index (χ2n) is 6.33. The molecule has 1 aromatic heterocycles. The Morgan fingerprint density at radius 3 is 2.83 bits per heavy atom. The van der Waals surface area contributed by atoms with E-state index in [0.29, 0.717) is 6.04 Å². The molecule has 0 atom stereocenters. The van der Waals surface area contributed by atoms with Gasteiger partial charge in [0.2, 0.25) is 0 Å². The van der Waals surface area contributed by atoms with Crippen LogP contribution in [0, 0.1) is 0 Å². The summed E-state index contributed by atoms with van der Waals surface area (Å²) in [5.74, 6) is 0.958. The molecule has 4 nitrogen and oxygen atoms in total. The van der Waals surface area contributed by atoms with Crippen LogP contribution in [0.5, 0.6) is 0 Å². The number of halogens is 1. The Labute approximate surface area is 166 Å². The standard InChI is InChI=1S/C18H28N4S.HI/c1-2-19-18(21-14-8-3-4-9-14)20-13-7-12-17-22-15-10-5-6-11-16(15)23-17;/h3-4,14H,2,5-13H2,1H3,(H2,19,20,21);1H. The van der Waals surface area contributed by atoms with E-state index < -0.39 is 0 Å². The Kier molecular flexibility index (Phi) is 8.52. The lowest BCUT2D eigenvalue weighted by Gasteiger charge is -2.16. The smallest absolute Gasteiger partial charge is 0.191 e. The summed E-state index contributed by atoms with van der Waals surface area (Å²) in [4.78, 5) is 11.1. The molecule has 0 saturated heterocycles. The number of rotatable bonds is 6. The fourth-order valence-electron chi connectivity index (χ4n) is 3.18. The molecule has 1 heterocycles. The number of nitrogens with one attached hydrogen (secondary N) is 2. The van der Waals surface area contributed by atoms with Crippen LogP contribution in [0.1, 0.15) is 54.6 Å². The van der Waals surface area contributed by atoms with E-state index in [0.717, 1.165) is 44.7 Å². The highest BCUT2D eigenvalue weighted by Crippen LogP contribution is 2.27. The highest BCUT2D eigenvalue weighted by atomic mass is 127. The maximum atomic E-state index is 4.82. The lowest BCUT2D eigenvalue weighted by Crippen LogP contribution is -2.42. The Bertz CT molecular complexity index is 536. The van der Waals surface area contributed by atoms with Crippen molar-refractivity contribution in [2.24, 2.45) is 4.99 Å². The van der Waals surface area contributed by atoms with Crippen molar-refractivity contribution in [2.75, 3.05) is 13.1 Å². The molecule has 0 fully saturated rings. The minimum absolute atomic E-state index is 0. The van der Waals surface area contributed by atoms with Gasteiger partial charge in [-0.25, -0.2) is 4.98 Å². The van der Waals surface area contributed by atoms with Gasteiger partial charge in [0.25, 0.3) is 0 Å². The molecule has 6 heteroatoms. The molecular formula is C18H29IN4S. The van der Waals surface area contributed by atoms with E-state index >= 15 is 0 Å². The molecular weight excluding hydrogens is 431 g/mol. The van der Waals surface area contributed by atoms with Crippen molar-refractivity contribution >= 4 is 41.3 Å². The molecule has 134 valence electrons. The molecule has 2 aliphatic rings. The van der Waals surface area contributed by atoms with Crippen molar-refractivity contribution in [2.45, 2.75) is 64.3 Å². The summed E-state index contributed by atoms with van der Waals surface area (Å²) in [5.41, 5.74) is 1.38. The monoisotopic (exact) mass is 460 g/mol. The highest BCUT2D eigenvalue weighted by molar-refractivity contribution is 14.0. The minimum Gasteiger partial charge on any atom is -0.357 e. The second kappa shape index (κ2) is 10.4. The molecule has 2 N–H and O–H groups in total. The number of hydrogen-bond donors (Lipinski definition) is 2. The summed E-state index contributed by atoms with van der Waals surface area (Å²) in [5, 5.41) is 8.17. The quantitative estimate of drug-likeness (QED) is 0.223. The third-order valence-corrected chi connectivity index (χ3v) is 5.62. The third kappa shape index (κ3) is 5.72. The van der Waals surface area contributed by atoms with Crippen LogP contribution < -0.4 is 10.6 Å². The molecule has 0 saturated carbocycles. The largest absolute Gasteiger partial charge is 0.357 e. The van der Waals surface area contributed by atoms with E-state index in [1.54, 1.807) is 4.88 Å². The van der Waals surface area contributed by atoms with E-state index in [2.05, 4.69) is 29.7 Å². The summed E-state index contributed by atoms with van der Waals surface area (Å²) in [6.45, 7) is 3.88. The SMILES string of the molecule is CCNC(=NCCCc1nc2c(s1)CCCC2)NC1CC=CC1.I. The van der Waals surface area contributed by atoms with Crippen LogP contribution in [0.25, 0.3) is 0 Å². The van der Waals surface area contributed by atoms with Gasteiger partial charge in [-0.3, -0.25) is 4.99 Å². The number of guanidine groups is 1. The Morgan fingerprint density at radius 1 is 1.29 bits per heavy atom. The topological polar surface area (TPSA) is 49.3 Å². The number of nitrogens with zero attached hydrogens (tertiary/aromatic N) is 2. The van der Waals surface area contributed by atoms with E-state index in [1.807, 2.05) is 11.3 Å². The Balaban J connectivity index is 0.00000208. The van der Waals surface area contributed by atoms with E-state index in [4.69, 9.17) is 9.98 Å². The molecule has 0 amide bonds. The first kappa shape index (κ1) is 19.7. The minimum atomic E-state index is 0. The van der Waals surface area contributed by atoms with Crippen molar-refractivity contribution < 1.29 is 0 Å². The average Bonchev–Trinajstić information content (AvgIpc) is 3.20. The van der Waals surface area contributed by atoms with Gasteiger partial charge in [-0.2, -0.15) is 0 Å². The van der Waals surface area contributed by atoms with Gasteiger partial charge in [0.1, 0.15) is 0 Å². The number of aromatic nitrogens is 1. The number of hydrogen-bond acceptors (Lipinski definition) is 3. The lowest BCUT2D eigenvalue weighted by atomic mass is 10.0. The van der Waals surface area contributed by atoms with Gasteiger partial charge in [0.05, 0.1) is 10.7 Å². The van der Waals surface area contributed by atoms with Crippen molar-refractivity contribution in [3.05, 3.63) is 27.7 Å². The third-order valence-electron chi connectivity index (χ3n) is 4.40. The summed E-state index contributed by atoms with van der Waals surface area (Å²) in [7, 11) is 0. The maximum absolute atomic E-state index is 4.82. The van der Waals surface area contributed by atoms with Crippen molar-refractivity contribution in [3.63, 3.8) is 0 Å². The summed E-state index contributed by atoms with van der Waals surface area (Å²) >= 11 is 1.93. The first-order valence-corrected chi connectivity index (χ1v) is 9.84. The number of aryl methyl sites for hydroxylation is 3. The van der Waals surface area contributed by atoms with Crippen molar-refractivity contribution in [1.29, 1.82) is 0 Å². The van der Waals surface area contributed by atoms with Gasteiger partial charge in [-0.15, -0.1) is 35.3 Å². The predicted molar refractivity (Wildman–Crippen MR) is 114 cm³/mol. The van der Waals surface area contributed by atoms with Crippen LogP contribution >= 0.6 is 35.3 Å². The molecule has 24 heavy (non-hydrogen) atoms. The fourth-order valence-corrected chi connectivity index (χ4v) is 4.38. The first-order valence-electron chi connectivity index (χ1n) is 9.02. The highest BCUT2D eigenvalue weighted by Gasteiger charge is 2.15. The molecule has 0 radical (unpaired) electrons.